The van der Waals surface area contributed by atoms with Crippen LogP contribution in [0.1, 0.15) is 18.5 Å². The van der Waals surface area contributed by atoms with Crippen LogP contribution in [0.25, 0.3) is 0 Å². The summed E-state index contributed by atoms with van der Waals surface area (Å²) < 4.78 is 22.1. The van der Waals surface area contributed by atoms with Crippen LogP contribution in [-0.2, 0) is 14.2 Å². The van der Waals surface area contributed by atoms with Crippen LogP contribution in [0.15, 0.2) is 22.7 Å². The normalized spacial score (nSPS) is 12.4. The molecule has 0 unspecified atom stereocenters. The average molecular weight is 362 g/mol. The van der Waals surface area contributed by atoms with E-state index in [9.17, 15) is 0 Å². The molecule has 1 aromatic carbocycles. The van der Waals surface area contributed by atoms with E-state index in [4.69, 9.17) is 24.7 Å². The van der Waals surface area contributed by atoms with E-state index in [0.29, 0.717) is 39.6 Å². The van der Waals surface area contributed by atoms with Crippen LogP contribution < -0.4 is 10.5 Å². The maximum Gasteiger partial charge on any atom is 0.120 e. The first-order valence-corrected chi connectivity index (χ1v) is 7.76. The minimum Gasteiger partial charge on any atom is -0.491 e. The lowest BCUT2D eigenvalue weighted by Crippen LogP contribution is -2.12. The zero-order valence-electron chi connectivity index (χ0n) is 12.6. The first-order valence-electron chi connectivity index (χ1n) is 6.97. The van der Waals surface area contributed by atoms with Crippen molar-refractivity contribution >= 4 is 15.9 Å². The van der Waals surface area contributed by atoms with Gasteiger partial charge in [0.25, 0.3) is 0 Å². The van der Waals surface area contributed by atoms with E-state index < -0.39 is 0 Å². The van der Waals surface area contributed by atoms with Crippen LogP contribution in [0.3, 0.4) is 0 Å². The van der Waals surface area contributed by atoms with Gasteiger partial charge >= 0.3 is 0 Å². The second-order valence-corrected chi connectivity index (χ2v) is 5.39. The summed E-state index contributed by atoms with van der Waals surface area (Å²) in [5, 5.41) is 0. The molecular formula is C15H24BrNO4. The van der Waals surface area contributed by atoms with Gasteiger partial charge in [-0.25, -0.2) is 0 Å². The van der Waals surface area contributed by atoms with Crippen LogP contribution in [0.4, 0.5) is 0 Å². The van der Waals surface area contributed by atoms with E-state index in [-0.39, 0.29) is 6.04 Å². The van der Waals surface area contributed by atoms with E-state index in [2.05, 4.69) is 15.9 Å². The van der Waals surface area contributed by atoms with Crippen LogP contribution in [0, 0.1) is 0 Å². The Bertz CT molecular complexity index is 401. The molecule has 0 fully saturated rings. The molecule has 0 spiro atoms. The van der Waals surface area contributed by atoms with Gasteiger partial charge in [-0.05, 0) is 24.6 Å². The molecule has 0 aliphatic carbocycles. The summed E-state index contributed by atoms with van der Waals surface area (Å²) in [6.45, 7) is 5.30. The van der Waals surface area contributed by atoms with E-state index in [0.717, 1.165) is 15.8 Å². The highest BCUT2D eigenvalue weighted by Gasteiger charge is 2.06. The van der Waals surface area contributed by atoms with Crippen molar-refractivity contribution < 1.29 is 18.9 Å². The van der Waals surface area contributed by atoms with Crippen molar-refractivity contribution in [3.05, 3.63) is 28.2 Å². The quantitative estimate of drug-likeness (QED) is 0.613. The number of benzene rings is 1. The largest absolute Gasteiger partial charge is 0.491 e. The molecule has 1 aromatic rings. The van der Waals surface area contributed by atoms with Crippen molar-refractivity contribution in [2.45, 2.75) is 13.0 Å². The zero-order valence-corrected chi connectivity index (χ0v) is 14.2. The molecule has 5 nitrogen and oxygen atoms in total. The Labute approximate surface area is 134 Å². The van der Waals surface area contributed by atoms with Crippen LogP contribution in [0.2, 0.25) is 0 Å². The number of halogens is 1. The predicted molar refractivity (Wildman–Crippen MR) is 85.8 cm³/mol. The molecule has 2 N–H and O–H groups in total. The molecule has 0 aliphatic rings. The van der Waals surface area contributed by atoms with Crippen LogP contribution in [0.5, 0.6) is 5.75 Å². The third-order valence-electron chi connectivity index (χ3n) is 2.76. The van der Waals surface area contributed by atoms with Gasteiger partial charge in [0, 0.05) is 17.6 Å². The lowest BCUT2D eigenvalue weighted by Gasteiger charge is -2.11. The van der Waals surface area contributed by atoms with Gasteiger partial charge in [0.05, 0.1) is 33.0 Å². The number of ether oxygens (including phenoxy) is 4. The monoisotopic (exact) mass is 361 g/mol. The minimum atomic E-state index is -0.00475. The van der Waals surface area contributed by atoms with Crippen LogP contribution >= 0.6 is 15.9 Å². The molecule has 120 valence electrons. The average Bonchev–Trinajstić information content (AvgIpc) is 2.45. The molecule has 0 radical (unpaired) electrons. The number of methoxy groups -OCH3 is 1. The summed E-state index contributed by atoms with van der Waals surface area (Å²) in [6, 6.07) is 5.80. The van der Waals surface area contributed by atoms with Crippen molar-refractivity contribution in [2.24, 2.45) is 5.73 Å². The SMILES string of the molecule is COCCOCCOCCOc1ccc([C@H](C)N)c(Br)c1. The Morgan fingerprint density at radius 2 is 1.67 bits per heavy atom. The highest BCUT2D eigenvalue weighted by atomic mass is 79.9. The van der Waals surface area contributed by atoms with Gasteiger partial charge in [0.15, 0.2) is 0 Å². The highest BCUT2D eigenvalue weighted by Crippen LogP contribution is 2.26. The molecule has 0 amide bonds. The lowest BCUT2D eigenvalue weighted by atomic mass is 10.1. The molecule has 0 saturated carbocycles. The van der Waals surface area contributed by atoms with Gasteiger partial charge < -0.3 is 24.7 Å². The molecule has 21 heavy (non-hydrogen) atoms. The Hall–Kier alpha value is -0.660. The summed E-state index contributed by atoms with van der Waals surface area (Å²) in [6.07, 6.45) is 0. The van der Waals surface area contributed by atoms with Gasteiger partial charge in [0.1, 0.15) is 12.4 Å². The molecule has 0 bridgehead atoms. The molecule has 1 atom stereocenters. The fourth-order valence-corrected chi connectivity index (χ4v) is 2.37. The van der Waals surface area contributed by atoms with E-state index in [1.807, 2.05) is 25.1 Å². The predicted octanol–water partition coefficient (Wildman–Crippen LogP) is 2.53. The van der Waals surface area contributed by atoms with Gasteiger partial charge in [-0.2, -0.15) is 0 Å². The first kappa shape index (κ1) is 18.4. The van der Waals surface area contributed by atoms with Crippen LogP contribution in [-0.4, -0.2) is 46.8 Å². The van der Waals surface area contributed by atoms with E-state index in [1.54, 1.807) is 7.11 Å². The number of hydrogen-bond donors (Lipinski definition) is 1. The van der Waals surface area contributed by atoms with E-state index in [1.165, 1.54) is 0 Å². The summed E-state index contributed by atoms with van der Waals surface area (Å²) in [4.78, 5) is 0. The Balaban J connectivity index is 2.11. The maximum atomic E-state index is 5.85. The summed E-state index contributed by atoms with van der Waals surface area (Å²) in [5.41, 5.74) is 6.91. The van der Waals surface area contributed by atoms with Crippen molar-refractivity contribution in [1.82, 2.24) is 0 Å². The third kappa shape index (κ3) is 7.78. The molecule has 0 aliphatic heterocycles. The van der Waals surface area contributed by atoms with Crippen molar-refractivity contribution in [3.63, 3.8) is 0 Å². The van der Waals surface area contributed by atoms with Gasteiger partial charge in [-0.1, -0.05) is 22.0 Å². The topological polar surface area (TPSA) is 62.9 Å². The van der Waals surface area contributed by atoms with E-state index >= 15 is 0 Å². The fraction of sp³-hybridized carbons (Fsp3) is 0.600. The fourth-order valence-electron chi connectivity index (χ4n) is 1.65. The van der Waals surface area contributed by atoms with Gasteiger partial charge in [-0.15, -0.1) is 0 Å². The summed E-state index contributed by atoms with van der Waals surface area (Å²) in [7, 11) is 1.65. The summed E-state index contributed by atoms with van der Waals surface area (Å²) >= 11 is 3.49. The first-order chi connectivity index (χ1) is 10.1. The molecule has 6 heteroatoms. The Morgan fingerprint density at radius 3 is 2.24 bits per heavy atom. The molecule has 1 rings (SSSR count). The minimum absolute atomic E-state index is 0.00475. The molecule has 0 heterocycles. The maximum absolute atomic E-state index is 5.85. The van der Waals surface area contributed by atoms with Gasteiger partial charge in [-0.3, -0.25) is 0 Å². The molecular weight excluding hydrogens is 338 g/mol. The number of rotatable bonds is 11. The second-order valence-electron chi connectivity index (χ2n) is 4.54. The number of nitrogens with two attached hydrogens (primary N) is 1. The third-order valence-corrected chi connectivity index (χ3v) is 3.45. The smallest absolute Gasteiger partial charge is 0.120 e. The standard InChI is InChI=1S/C15H24BrNO4/c1-12(17)14-4-3-13(11-15(14)16)21-10-9-20-8-7-19-6-5-18-2/h3-4,11-12H,5-10,17H2,1-2H3/t12-/m0/s1. The Morgan fingerprint density at radius 1 is 1.05 bits per heavy atom. The highest BCUT2D eigenvalue weighted by molar-refractivity contribution is 9.10. The van der Waals surface area contributed by atoms with Crippen molar-refractivity contribution in [2.75, 3.05) is 46.8 Å². The lowest BCUT2D eigenvalue weighted by molar-refractivity contribution is 0.0179. The molecule has 0 saturated heterocycles. The Kier molecular flexibility index (Phi) is 9.62. The number of hydrogen-bond acceptors (Lipinski definition) is 5. The van der Waals surface area contributed by atoms with Crippen molar-refractivity contribution in [3.8, 4) is 5.75 Å². The van der Waals surface area contributed by atoms with Gasteiger partial charge in [0.2, 0.25) is 0 Å². The molecule has 0 aromatic heterocycles. The zero-order chi connectivity index (χ0) is 15.5. The second kappa shape index (κ2) is 11.0. The van der Waals surface area contributed by atoms with Crippen molar-refractivity contribution in [1.29, 1.82) is 0 Å². The summed E-state index contributed by atoms with van der Waals surface area (Å²) in [5.74, 6) is 0.797.